The Morgan fingerprint density at radius 2 is 2.35 bits per heavy atom. The van der Waals surface area contributed by atoms with Crippen LogP contribution in [0.2, 0.25) is 0 Å². The van der Waals surface area contributed by atoms with Gasteiger partial charge in [-0.2, -0.15) is 0 Å². The number of nitrogens with one attached hydrogen (secondary N) is 1. The van der Waals surface area contributed by atoms with E-state index in [0.717, 1.165) is 29.8 Å². The molecule has 0 bridgehead atoms. The molecule has 5 heteroatoms. The fourth-order valence-corrected chi connectivity index (χ4v) is 3.23. The third-order valence-corrected chi connectivity index (χ3v) is 4.30. The van der Waals surface area contributed by atoms with Gasteiger partial charge in [0.1, 0.15) is 5.69 Å². The maximum Gasteiger partial charge on any atom is 0.270 e. The third-order valence-electron chi connectivity index (χ3n) is 3.87. The van der Waals surface area contributed by atoms with E-state index in [2.05, 4.69) is 35.1 Å². The molecule has 112 valence electrons. The van der Waals surface area contributed by atoms with Gasteiger partial charge in [0, 0.05) is 30.3 Å². The van der Waals surface area contributed by atoms with Crippen molar-refractivity contribution >= 4 is 21.8 Å². The molecular formula is C15H24BrN3O. The lowest BCUT2D eigenvalue weighted by atomic mass is 9.99. The number of halogens is 1. The lowest BCUT2D eigenvalue weighted by Crippen LogP contribution is -2.39. The van der Waals surface area contributed by atoms with Crippen LogP contribution in [0.3, 0.4) is 0 Å². The monoisotopic (exact) mass is 341 g/mol. The lowest BCUT2D eigenvalue weighted by molar-refractivity contribution is 0.0752. The first-order chi connectivity index (χ1) is 9.49. The van der Waals surface area contributed by atoms with Gasteiger partial charge in [0.2, 0.25) is 0 Å². The lowest BCUT2D eigenvalue weighted by Gasteiger charge is -2.28. The van der Waals surface area contributed by atoms with E-state index in [4.69, 9.17) is 0 Å². The van der Waals surface area contributed by atoms with Crippen LogP contribution in [0.1, 0.15) is 43.2 Å². The molecule has 1 unspecified atom stereocenters. The molecule has 1 amide bonds. The zero-order valence-corrected chi connectivity index (χ0v) is 14.1. The van der Waals surface area contributed by atoms with Crippen LogP contribution in [0.25, 0.3) is 0 Å². The fourth-order valence-electron chi connectivity index (χ4n) is 2.79. The molecule has 2 rings (SSSR count). The molecule has 1 aliphatic rings. The summed E-state index contributed by atoms with van der Waals surface area (Å²) < 4.78 is 2.99. The van der Waals surface area contributed by atoms with E-state index >= 15 is 0 Å². The molecule has 1 fully saturated rings. The van der Waals surface area contributed by atoms with Gasteiger partial charge in [0.05, 0.1) is 0 Å². The summed E-state index contributed by atoms with van der Waals surface area (Å²) in [7, 11) is 1.91. The Bertz CT molecular complexity index is 464. The molecule has 1 atom stereocenters. The first-order valence-corrected chi connectivity index (χ1v) is 8.12. The number of rotatable bonds is 4. The molecule has 0 radical (unpaired) electrons. The van der Waals surface area contributed by atoms with E-state index in [9.17, 15) is 4.79 Å². The standard InChI is InChI=1S/C15H24BrN3O/c1-11(2)19-10-13(16)7-14(19)15(20)18(3)9-12-5-4-6-17-8-12/h7,10-12,17H,4-6,8-9H2,1-3H3. The number of piperidine rings is 1. The summed E-state index contributed by atoms with van der Waals surface area (Å²) in [6, 6.07) is 2.20. The van der Waals surface area contributed by atoms with Crippen LogP contribution in [0.15, 0.2) is 16.7 Å². The van der Waals surface area contributed by atoms with Crippen molar-refractivity contribution in [1.29, 1.82) is 0 Å². The van der Waals surface area contributed by atoms with E-state index in [0.29, 0.717) is 5.92 Å². The smallest absolute Gasteiger partial charge is 0.270 e. The molecule has 1 aromatic heterocycles. The molecule has 1 aliphatic heterocycles. The van der Waals surface area contributed by atoms with Crippen LogP contribution >= 0.6 is 15.9 Å². The minimum atomic E-state index is 0.106. The first kappa shape index (κ1) is 15.6. The summed E-state index contributed by atoms with van der Waals surface area (Å²) in [6.45, 7) is 7.14. The van der Waals surface area contributed by atoms with Gasteiger partial charge >= 0.3 is 0 Å². The summed E-state index contributed by atoms with van der Waals surface area (Å²) in [5.74, 6) is 0.679. The van der Waals surface area contributed by atoms with Gasteiger partial charge in [-0.05, 0) is 67.7 Å². The Labute approximate surface area is 129 Å². The van der Waals surface area contributed by atoms with Gasteiger partial charge in [-0.15, -0.1) is 0 Å². The Hall–Kier alpha value is -0.810. The maximum absolute atomic E-state index is 12.6. The molecular weight excluding hydrogens is 318 g/mol. The highest BCUT2D eigenvalue weighted by molar-refractivity contribution is 9.10. The number of carbonyl (C=O) groups is 1. The Morgan fingerprint density at radius 1 is 1.60 bits per heavy atom. The average Bonchev–Trinajstić information content (AvgIpc) is 2.81. The van der Waals surface area contributed by atoms with Crippen molar-refractivity contribution in [2.45, 2.75) is 32.7 Å². The van der Waals surface area contributed by atoms with Crippen molar-refractivity contribution in [1.82, 2.24) is 14.8 Å². The first-order valence-electron chi connectivity index (χ1n) is 7.32. The highest BCUT2D eigenvalue weighted by Crippen LogP contribution is 2.21. The zero-order valence-electron chi connectivity index (χ0n) is 12.5. The molecule has 0 aliphatic carbocycles. The van der Waals surface area contributed by atoms with Crippen molar-refractivity contribution in [3.8, 4) is 0 Å². The van der Waals surface area contributed by atoms with Gasteiger partial charge in [0.25, 0.3) is 5.91 Å². The summed E-state index contributed by atoms with van der Waals surface area (Å²) in [6.07, 6.45) is 4.40. The van der Waals surface area contributed by atoms with Crippen molar-refractivity contribution in [3.63, 3.8) is 0 Å². The molecule has 1 aromatic rings. The molecule has 20 heavy (non-hydrogen) atoms. The van der Waals surface area contributed by atoms with Crippen molar-refractivity contribution in [2.24, 2.45) is 5.92 Å². The quantitative estimate of drug-likeness (QED) is 0.914. The second-order valence-corrected chi connectivity index (χ2v) is 6.86. The Kier molecular flexibility index (Phi) is 5.27. The van der Waals surface area contributed by atoms with E-state index in [1.807, 2.05) is 28.8 Å². The third kappa shape index (κ3) is 3.64. The number of nitrogens with zero attached hydrogens (tertiary/aromatic N) is 2. The minimum absolute atomic E-state index is 0.106. The SMILES string of the molecule is CC(C)n1cc(Br)cc1C(=O)N(C)CC1CCCNC1. The largest absolute Gasteiger partial charge is 0.340 e. The number of amides is 1. The van der Waals surface area contributed by atoms with Crippen LogP contribution in [0.4, 0.5) is 0 Å². The number of hydrogen-bond donors (Lipinski definition) is 1. The van der Waals surface area contributed by atoms with Gasteiger partial charge in [-0.1, -0.05) is 0 Å². The second kappa shape index (κ2) is 6.76. The number of hydrogen-bond acceptors (Lipinski definition) is 2. The zero-order chi connectivity index (χ0) is 14.7. The van der Waals surface area contributed by atoms with Gasteiger partial charge in [-0.25, -0.2) is 0 Å². The van der Waals surface area contributed by atoms with E-state index in [1.54, 1.807) is 0 Å². The summed E-state index contributed by atoms with van der Waals surface area (Å²) in [5.41, 5.74) is 0.762. The molecule has 4 nitrogen and oxygen atoms in total. The predicted octanol–water partition coefficient (Wildman–Crippen LogP) is 2.90. The van der Waals surface area contributed by atoms with Gasteiger partial charge in [0.15, 0.2) is 0 Å². The van der Waals surface area contributed by atoms with Gasteiger partial charge < -0.3 is 14.8 Å². The van der Waals surface area contributed by atoms with Crippen LogP contribution < -0.4 is 5.32 Å². The summed E-state index contributed by atoms with van der Waals surface area (Å²) in [4.78, 5) is 14.5. The Morgan fingerprint density at radius 3 is 2.95 bits per heavy atom. The topological polar surface area (TPSA) is 37.3 Å². The molecule has 0 spiro atoms. The average molecular weight is 342 g/mol. The normalized spacial score (nSPS) is 19.4. The van der Waals surface area contributed by atoms with Crippen molar-refractivity contribution in [2.75, 3.05) is 26.7 Å². The molecule has 1 N–H and O–H groups in total. The van der Waals surface area contributed by atoms with E-state index in [1.165, 1.54) is 12.8 Å². The molecule has 2 heterocycles. The fraction of sp³-hybridized carbons (Fsp3) is 0.667. The Balaban J connectivity index is 2.06. The molecule has 0 aromatic carbocycles. The van der Waals surface area contributed by atoms with Crippen LogP contribution in [-0.4, -0.2) is 42.1 Å². The summed E-state index contributed by atoms with van der Waals surface area (Å²) >= 11 is 3.47. The second-order valence-electron chi connectivity index (χ2n) is 5.94. The summed E-state index contributed by atoms with van der Waals surface area (Å²) in [5, 5.41) is 3.40. The van der Waals surface area contributed by atoms with Crippen LogP contribution in [0.5, 0.6) is 0 Å². The predicted molar refractivity (Wildman–Crippen MR) is 85.1 cm³/mol. The number of aromatic nitrogens is 1. The molecule has 0 saturated carbocycles. The van der Waals surface area contributed by atoms with Gasteiger partial charge in [-0.3, -0.25) is 4.79 Å². The van der Waals surface area contributed by atoms with E-state index in [-0.39, 0.29) is 11.9 Å². The minimum Gasteiger partial charge on any atom is -0.340 e. The van der Waals surface area contributed by atoms with Crippen molar-refractivity contribution < 1.29 is 4.79 Å². The maximum atomic E-state index is 12.6. The van der Waals surface area contributed by atoms with Crippen LogP contribution in [-0.2, 0) is 0 Å². The van der Waals surface area contributed by atoms with E-state index < -0.39 is 0 Å². The van der Waals surface area contributed by atoms with Crippen LogP contribution in [0, 0.1) is 5.92 Å². The number of carbonyl (C=O) groups excluding carboxylic acids is 1. The highest BCUT2D eigenvalue weighted by atomic mass is 79.9. The van der Waals surface area contributed by atoms with Crippen molar-refractivity contribution in [3.05, 3.63) is 22.4 Å². The highest BCUT2D eigenvalue weighted by Gasteiger charge is 2.22. The molecule has 1 saturated heterocycles.